The van der Waals surface area contributed by atoms with Crippen molar-refractivity contribution in [3.05, 3.63) is 11.3 Å². The number of thioether (sulfide) groups is 1. The topological polar surface area (TPSA) is 85.6 Å². The van der Waals surface area contributed by atoms with Gasteiger partial charge in [0.15, 0.2) is 5.16 Å². The molecule has 22 heavy (non-hydrogen) atoms. The molecule has 118 valence electrons. The Labute approximate surface area is 136 Å². The van der Waals surface area contributed by atoms with Gasteiger partial charge >= 0.3 is 0 Å². The summed E-state index contributed by atoms with van der Waals surface area (Å²) in [6.45, 7) is 2.92. The molecule has 2 heterocycles. The Morgan fingerprint density at radius 1 is 1.41 bits per heavy atom. The molecule has 1 aliphatic carbocycles. The zero-order valence-electron chi connectivity index (χ0n) is 12.4. The van der Waals surface area contributed by atoms with Crippen molar-refractivity contribution in [3.8, 4) is 0 Å². The van der Waals surface area contributed by atoms with Crippen LogP contribution in [-0.4, -0.2) is 36.6 Å². The lowest BCUT2D eigenvalue weighted by Gasteiger charge is -2.11. The fraction of sp³-hybridized carbons (Fsp3) is 0.615. The quantitative estimate of drug-likeness (QED) is 0.815. The van der Waals surface area contributed by atoms with Gasteiger partial charge < -0.3 is 4.57 Å². The largest absolute Gasteiger partial charge is 0.306 e. The van der Waals surface area contributed by atoms with Crippen LogP contribution < -0.4 is 5.32 Å². The molecule has 0 aliphatic heterocycles. The van der Waals surface area contributed by atoms with Crippen LogP contribution in [0.25, 0.3) is 0 Å². The molecule has 1 N–H and O–H groups in total. The van der Waals surface area contributed by atoms with E-state index in [9.17, 15) is 4.79 Å². The number of carbonyl (C=O) groups is 1. The Kier molecular flexibility index (Phi) is 5.04. The molecule has 1 aliphatic rings. The molecule has 0 aromatic carbocycles. The highest BCUT2D eigenvalue weighted by atomic mass is 32.2. The van der Waals surface area contributed by atoms with Crippen LogP contribution in [0.15, 0.2) is 10.7 Å². The summed E-state index contributed by atoms with van der Waals surface area (Å²) in [5, 5.41) is 20.2. The Morgan fingerprint density at radius 3 is 2.91 bits per heavy atom. The van der Waals surface area contributed by atoms with Gasteiger partial charge in [-0.25, -0.2) is 0 Å². The van der Waals surface area contributed by atoms with Crippen LogP contribution in [0.1, 0.15) is 44.3 Å². The number of anilines is 1. The molecular weight excluding hydrogens is 320 g/mol. The first-order valence-corrected chi connectivity index (χ1v) is 9.26. The number of aromatic nitrogens is 5. The molecule has 1 amide bonds. The lowest BCUT2D eigenvalue weighted by Crippen LogP contribution is -2.14. The smallest absolute Gasteiger partial charge is 0.236 e. The minimum Gasteiger partial charge on any atom is -0.306 e. The molecule has 1 saturated carbocycles. The van der Waals surface area contributed by atoms with E-state index < -0.39 is 0 Å². The summed E-state index contributed by atoms with van der Waals surface area (Å²) in [4.78, 5) is 11.9. The highest BCUT2D eigenvalue weighted by molar-refractivity contribution is 7.99. The van der Waals surface area contributed by atoms with Gasteiger partial charge in [0.25, 0.3) is 0 Å². The Morgan fingerprint density at radius 2 is 2.23 bits per heavy atom. The van der Waals surface area contributed by atoms with Crippen molar-refractivity contribution in [2.24, 2.45) is 0 Å². The van der Waals surface area contributed by atoms with Gasteiger partial charge in [-0.3, -0.25) is 10.1 Å². The lowest BCUT2D eigenvalue weighted by atomic mass is 10.1. The first-order valence-electron chi connectivity index (χ1n) is 7.40. The maximum atomic E-state index is 11.9. The van der Waals surface area contributed by atoms with E-state index >= 15 is 0 Å². The fourth-order valence-electron chi connectivity index (χ4n) is 2.70. The van der Waals surface area contributed by atoms with E-state index in [2.05, 4.69) is 37.2 Å². The third-order valence-corrected chi connectivity index (χ3v) is 5.29. The van der Waals surface area contributed by atoms with E-state index in [1.165, 1.54) is 48.8 Å². The summed E-state index contributed by atoms with van der Waals surface area (Å²) in [7, 11) is 0. The highest BCUT2D eigenvalue weighted by Gasteiger charge is 2.24. The lowest BCUT2D eigenvalue weighted by molar-refractivity contribution is -0.113. The molecule has 0 spiro atoms. The van der Waals surface area contributed by atoms with E-state index in [0.717, 1.165) is 17.5 Å². The first-order chi connectivity index (χ1) is 10.8. The number of amides is 1. The minimum atomic E-state index is -0.102. The van der Waals surface area contributed by atoms with Crippen molar-refractivity contribution in [1.82, 2.24) is 25.0 Å². The molecule has 0 bridgehead atoms. The van der Waals surface area contributed by atoms with Crippen molar-refractivity contribution in [1.29, 1.82) is 0 Å². The minimum absolute atomic E-state index is 0.102. The molecule has 2 aromatic heterocycles. The number of nitrogens with one attached hydrogen (secondary N) is 1. The van der Waals surface area contributed by atoms with Gasteiger partial charge in [-0.1, -0.05) is 35.9 Å². The summed E-state index contributed by atoms with van der Waals surface area (Å²) in [5.41, 5.74) is 1.59. The molecule has 0 saturated heterocycles. The van der Waals surface area contributed by atoms with Crippen molar-refractivity contribution in [3.63, 3.8) is 0 Å². The average Bonchev–Trinajstić information content (AvgIpc) is 3.25. The maximum absolute atomic E-state index is 11.9. The second kappa shape index (κ2) is 7.19. The Balaban J connectivity index is 1.61. The SMILES string of the molecule is CCn1c(SCC(=O)Nc2nncs2)nnc1C1CCCC1. The summed E-state index contributed by atoms with van der Waals surface area (Å²) < 4.78 is 2.14. The second-order valence-electron chi connectivity index (χ2n) is 5.15. The van der Waals surface area contributed by atoms with E-state index in [4.69, 9.17) is 0 Å². The second-order valence-corrected chi connectivity index (χ2v) is 6.92. The van der Waals surface area contributed by atoms with Crippen LogP contribution in [0.5, 0.6) is 0 Å². The molecule has 0 atom stereocenters. The molecule has 3 rings (SSSR count). The summed E-state index contributed by atoms with van der Waals surface area (Å²) in [6.07, 6.45) is 4.93. The summed E-state index contributed by atoms with van der Waals surface area (Å²) >= 11 is 2.72. The monoisotopic (exact) mass is 338 g/mol. The maximum Gasteiger partial charge on any atom is 0.236 e. The number of carbonyl (C=O) groups excluding carboxylic acids is 1. The van der Waals surface area contributed by atoms with E-state index in [-0.39, 0.29) is 5.91 Å². The number of nitrogens with zero attached hydrogens (tertiary/aromatic N) is 5. The molecule has 7 nitrogen and oxygen atoms in total. The van der Waals surface area contributed by atoms with Gasteiger partial charge in [0.05, 0.1) is 5.75 Å². The van der Waals surface area contributed by atoms with Crippen molar-refractivity contribution in [2.75, 3.05) is 11.1 Å². The van der Waals surface area contributed by atoms with Gasteiger partial charge in [0.2, 0.25) is 11.0 Å². The summed E-state index contributed by atoms with van der Waals surface area (Å²) in [5.74, 6) is 1.79. The Bertz CT molecular complexity index is 621. The average molecular weight is 338 g/mol. The molecule has 0 unspecified atom stereocenters. The zero-order valence-corrected chi connectivity index (χ0v) is 14.0. The van der Waals surface area contributed by atoms with Gasteiger partial charge in [-0.05, 0) is 19.8 Å². The van der Waals surface area contributed by atoms with Crippen LogP contribution in [0, 0.1) is 0 Å². The van der Waals surface area contributed by atoms with Gasteiger partial charge in [-0.15, -0.1) is 20.4 Å². The van der Waals surface area contributed by atoms with Crippen LogP contribution in [0.2, 0.25) is 0 Å². The van der Waals surface area contributed by atoms with Gasteiger partial charge in [-0.2, -0.15) is 0 Å². The van der Waals surface area contributed by atoms with Crippen molar-refractivity contribution >= 4 is 34.1 Å². The number of rotatable bonds is 6. The van der Waals surface area contributed by atoms with Crippen LogP contribution in [0.3, 0.4) is 0 Å². The first kappa shape index (κ1) is 15.4. The molecule has 0 radical (unpaired) electrons. The number of hydrogen-bond acceptors (Lipinski definition) is 7. The van der Waals surface area contributed by atoms with E-state index in [0.29, 0.717) is 16.8 Å². The zero-order chi connectivity index (χ0) is 15.4. The molecule has 2 aromatic rings. The van der Waals surface area contributed by atoms with Crippen molar-refractivity contribution in [2.45, 2.75) is 50.2 Å². The van der Waals surface area contributed by atoms with Crippen molar-refractivity contribution < 1.29 is 4.79 Å². The third kappa shape index (κ3) is 3.46. The van der Waals surface area contributed by atoms with Gasteiger partial charge in [0.1, 0.15) is 11.3 Å². The third-order valence-electron chi connectivity index (χ3n) is 3.72. The molecular formula is C13H18N6OS2. The summed E-state index contributed by atoms with van der Waals surface area (Å²) in [6, 6.07) is 0. The van der Waals surface area contributed by atoms with Gasteiger partial charge in [0, 0.05) is 12.5 Å². The Hall–Kier alpha value is -1.48. The number of hydrogen-bond donors (Lipinski definition) is 1. The fourth-order valence-corrected chi connectivity index (χ4v) is 3.97. The molecule has 9 heteroatoms. The molecule has 1 fully saturated rings. The van der Waals surface area contributed by atoms with E-state index in [1.54, 1.807) is 5.51 Å². The van der Waals surface area contributed by atoms with E-state index in [1.807, 2.05) is 0 Å². The standard InChI is InChI=1S/C13H18N6OS2/c1-2-19-11(9-5-3-4-6-9)16-18-13(19)21-7-10(20)15-12-17-14-8-22-12/h8-9H,2-7H2,1H3,(H,15,17,20). The highest BCUT2D eigenvalue weighted by Crippen LogP contribution is 2.34. The van der Waals surface area contributed by atoms with Crippen LogP contribution in [0.4, 0.5) is 5.13 Å². The predicted molar refractivity (Wildman–Crippen MR) is 86.2 cm³/mol. The van der Waals surface area contributed by atoms with Crippen LogP contribution >= 0.6 is 23.1 Å². The predicted octanol–water partition coefficient (Wildman–Crippen LogP) is 2.54. The van der Waals surface area contributed by atoms with Crippen LogP contribution in [-0.2, 0) is 11.3 Å². The normalized spacial score (nSPS) is 15.3.